The molecule has 0 amide bonds. The van der Waals surface area contributed by atoms with Gasteiger partial charge in [-0.1, -0.05) is 0 Å². The molecule has 0 saturated carbocycles. The molecule has 0 aliphatic carbocycles. The van der Waals surface area contributed by atoms with Crippen LogP contribution in [-0.2, 0) is 6.54 Å². The van der Waals surface area contributed by atoms with Crippen molar-refractivity contribution in [2.45, 2.75) is 26.3 Å². The van der Waals surface area contributed by atoms with E-state index >= 15 is 0 Å². The van der Waals surface area contributed by atoms with Crippen LogP contribution in [0.15, 0.2) is 29.3 Å². The third kappa shape index (κ3) is 2.42. The van der Waals surface area contributed by atoms with Crippen molar-refractivity contribution in [1.29, 1.82) is 0 Å². The van der Waals surface area contributed by atoms with Crippen molar-refractivity contribution in [2.24, 2.45) is 0 Å². The normalized spacial score (nSPS) is 14.5. The highest BCUT2D eigenvalue weighted by molar-refractivity contribution is 6.07. The molecule has 0 unspecified atom stereocenters. The molecule has 7 heteroatoms. The summed E-state index contributed by atoms with van der Waals surface area (Å²) in [5.74, 6) is -1.71. The number of aromatic nitrogens is 2. The van der Waals surface area contributed by atoms with Crippen molar-refractivity contribution in [1.82, 2.24) is 9.55 Å². The summed E-state index contributed by atoms with van der Waals surface area (Å²) in [6.07, 6.45) is 4.91. The van der Waals surface area contributed by atoms with E-state index in [0.717, 1.165) is 25.9 Å². The molecule has 1 aliphatic heterocycles. The number of rotatable bonds is 3. The zero-order valence-electron chi connectivity index (χ0n) is 14.3. The maximum Gasteiger partial charge on any atom is 0.341 e. The second-order valence-electron chi connectivity index (χ2n) is 6.50. The minimum Gasteiger partial charge on any atom is -0.477 e. The summed E-state index contributed by atoms with van der Waals surface area (Å²) in [4.78, 5) is 30.6. The molecule has 1 aromatic carbocycles. The molecule has 0 bridgehead atoms. The number of carboxylic acid groups (broad SMARTS) is 1. The van der Waals surface area contributed by atoms with Gasteiger partial charge in [0.1, 0.15) is 11.4 Å². The Morgan fingerprint density at radius 2 is 2.04 bits per heavy atom. The molecule has 6 nitrogen and oxygen atoms in total. The maximum absolute atomic E-state index is 14.8. The van der Waals surface area contributed by atoms with Gasteiger partial charge in [0, 0.05) is 31.2 Å². The van der Waals surface area contributed by atoms with Gasteiger partial charge in [0.15, 0.2) is 0 Å². The molecule has 1 saturated heterocycles. The molecular formula is C19H18FN3O3. The number of pyridine rings is 2. The fourth-order valence-electron chi connectivity index (χ4n) is 3.68. The summed E-state index contributed by atoms with van der Waals surface area (Å²) < 4.78 is 16.4. The quantitative estimate of drug-likeness (QED) is 0.731. The first-order chi connectivity index (χ1) is 12.5. The Labute approximate surface area is 148 Å². The Hall–Kier alpha value is -2.96. The number of fused-ring (bicyclic) bond motifs is 3. The van der Waals surface area contributed by atoms with Crippen LogP contribution in [0.1, 0.15) is 30.1 Å². The summed E-state index contributed by atoms with van der Waals surface area (Å²) >= 11 is 0. The Kier molecular flexibility index (Phi) is 3.86. The summed E-state index contributed by atoms with van der Waals surface area (Å²) in [5.41, 5.74) is 0.535. The number of aryl methyl sites for hydroxylation is 1. The molecule has 1 aliphatic rings. The predicted octanol–water partition coefficient (Wildman–Crippen LogP) is 3.01. The summed E-state index contributed by atoms with van der Waals surface area (Å²) in [7, 11) is 0. The van der Waals surface area contributed by atoms with Gasteiger partial charge in [-0.05, 0) is 31.9 Å². The predicted molar refractivity (Wildman–Crippen MR) is 97.5 cm³/mol. The number of hydrogen-bond acceptors (Lipinski definition) is 4. The number of anilines is 1. The lowest BCUT2D eigenvalue weighted by Gasteiger charge is -2.19. The highest BCUT2D eigenvalue weighted by atomic mass is 19.1. The zero-order chi connectivity index (χ0) is 18.4. The van der Waals surface area contributed by atoms with E-state index in [-0.39, 0.29) is 10.9 Å². The summed E-state index contributed by atoms with van der Waals surface area (Å²) in [6, 6.07) is 2.96. The molecule has 0 spiro atoms. The average Bonchev–Trinajstić information content (AvgIpc) is 3.15. The number of hydrogen-bond donors (Lipinski definition) is 1. The maximum atomic E-state index is 14.8. The van der Waals surface area contributed by atoms with Crippen LogP contribution in [0, 0.1) is 5.82 Å². The lowest BCUT2D eigenvalue weighted by atomic mass is 10.1. The monoisotopic (exact) mass is 355 g/mol. The van der Waals surface area contributed by atoms with Crippen LogP contribution in [0.4, 0.5) is 10.1 Å². The van der Waals surface area contributed by atoms with Crippen molar-refractivity contribution >= 4 is 33.5 Å². The van der Waals surface area contributed by atoms with Crippen LogP contribution in [0.3, 0.4) is 0 Å². The Morgan fingerprint density at radius 1 is 1.31 bits per heavy atom. The number of halogens is 1. The average molecular weight is 355 g/mol. The van der Waals surface area contributed by atoms with Crippen molar-refractivity contribution in [2.75, 3.05) is 18.0 Å². The molecule has 0 atom stereocenters. The van der Waals surface area contributed by atoms with Gasteiger partial charge in [0.05, 0.1) is 28.3 Å². The summed E-state index contributed by atoms with van der Waals surface area (Å²) in [6.45, 7) is 3.90. The van der Waals surface area contributed by atoms with Crippen molar-refractivity contribution in [3.8, 4) is 0 Å². The smallest absolute Gasteiger partial charge is 0.341 e. The SMILES string of the molecule is CCn1cc(C(=O)O)c(=O)c2c3cc(F)c(N4CCCC4)cc3ncc21. The number of carbonyl (C=O) groups is 1. The highest BCUT2D eigenvalue weighted by Crippen LogP contribution is 2.30. The topological polar surface area (TPSA) is 75.4 Å². The Morgan fingerprint density at radius 3 is 2.69 bits per heavy atom. The van der Waals surface area contributed by atoms with Crippen molar-refractivity contribution in [3.63, 3.8) is 0 Å². The van der Waals surface area contributed by atoms with Crippen LogP contribution >= 0.6 is 0 Å². The summed E-state index contributed by atoms with van der Waals surface area (Å²) in [5, 5.41) is 9.89. The second kappa shape index (κ2) is 6.09. The number of nitrogens with zero attached hydrogens (tertiary/aromatic N) is 3. The van der Waals surface area contributed by atoms with Gasteiger partial charge in [-0.25, -0.2) is 9.18 Å². The van der Waals surface area contributed by atoms with Crippen molar-refractivity contribution < 1.29 is 14.3 Å². The number of benzene rings is 1. The van der Waals surface area contributed by atoms with Gasteiger partial charge in [-0.15, -0.1) is 0 Å². The molecular weight excluding hydrogens is 337 g/mol. The largest absolute Gasteiger partial charge is 0.477 e. The van der Waals surface area contributed by atoms with Gasteiger partial charge >= 0.3 is 5.97 Å². The number of aromatic carboxylic acids is 1. The van der Waals surface area contributed by atoms with Gasteiger partial charge in [0.25, 0.3) is 0 Å². The molecule has 3 aromatic rings. The first kappa shape index (κ1) is 16.5. The second-order valence-corrected chi connectivity index (χ2v) is 6.50. The van der Waals surface area contributed by atoms with Crippen LogP contribution in [0.5, 0.6) is 0 Å². The molecule has 26 heavy (non-hydrogen) atoms. The molecule has 1 N–H and O–H groups in total. The van der Waals surface area contributed by atoms with E-state index in [9.17, 15) is 19.1 Å². The van der Waals surface area contributed by atoms with E-state index in [1.165, 1.54) is 12.3 Å². The van der Waals surface area contributed by atoms with Gasteiger partial charge in [-0.3, -0.25) is 9.78 Å². The lowest BCUT2D eigenvalue weighted by Crippen LogP contribution is -2.20. The fourth-order valence-corrected chi connectivity index (χ4v) is 3.68. The minimum atomic E-state index is -1.29. The van der Waals surface area contributed by atoms with Crippen LogP contribution in [0.2, 0.25) is 0 Å². The Bertz CT molecular complexity index is 1100. The van der Waals surface area contributed by atoms with Gasteiger partial charge < -0.3 is 14.6 Å². The molecule has 1 fully saturated rings. The minimum absolute atomic E-state index is 0.198. The third-order valence-electron chi connectivity index (χ3n) is 5.00. The number of carboxylic acids is 1. The van der Waals surface area contributed by atoms with E-state index in [4.69, 9.17) is 0 Å². The zero-order valence-corrected chi connectivity index (χ0v) is 14.3. The van der Waals surface area contributed by atoms with Gasteiger partial charge in [0.2, 0.25) is 5.43 Å². The van der Waals surface area contributed by atoms with E-state index in [1.54, 1.807) is 16.8 Å². The van der Waals surface area contributed by atoms with E-state index in [2.05, 4.69) is 4.98 Å². The lowest BCUT2D eigenvalue weighted by molar-refractivity contribution is 0.0695. The van der Waals surface area contributed by atoms with Gasteiger partial charge in [-0.2, -0.15) is 0 Å². The molecule has 134 valence electrons. The standard InChI is InChI=1S/C19H18FN3O3/c1-2-22-10-12(19(25)26)18(24)17-11-7-13(20)15(23-5-3-4-6-23)8-14(11)21-9-16(17)22/h7-10H,2-6H2,1H3,(H,25,26). The molecule has 3 heterocycles. The van der Waals surface area contributed by atoms with Crippen LogP contribution < -0.4 is 10.3 Å². The highest BCUT2D eigenvalue weighted by Gasteiger charge is 2.21. The van der Waals surface area contributed by atoms with E-state index in [0.29, 0.717) is 28.7 Å². The first-order valence-corrected chi connectivity index (χ1v) is 8.65. The van der Waals surface area contributed by atoms with E-state index < -0.39 is 17.2 Å². The van der Waals surface area contributed by atoms with E-state index in [1.807, 2.05) is 11.8 Å². The van der Waals surface area contributed by atoms with Crippen molar-refractivity contribution in [3.05, 3.63) is 46.1 Å². The third-order valence-corrected chi connectivity index (χ3v) is 5.00. The first-order valence-electron chi connectivity index (χ1n) is 8.65. The van der Waals surface area contributed by atoms with Crippen LogP contribution in [-0.4, -0.2) is 33.7 Å². The molecule has 4 rings (SSSR count). The molecule has 2 aromatic heterocycles. The molecule has 0 radical (unpaired) electrons. The Balaban J connectivity index is 2.08. The fraction of sp³-hybridized carbons (Fsp3) is 0.316. The van der Waals surface area contributed by atoms with Crippen LogP contribution in [0.25, 0.3) is 21.8 Å².